The predicted molar refractivity (Wildman–Crippen MR) is 93.0 cm³/mol. The van der Waals surface area contributed by atoms with Crippen LogP contribution in [-0.2, 0) is 10.0 Å². The van der Waals surface area contributed by atoms with Crippen LogP contribution in [0.15, 0.2) is 23.1 Å². The molecule has 24 heavy (non-hydrogen) atoms. The van der Waals surface area contributed by atoms with E-state index in [0.29, 0.717) is 13.1 Å². The van der Waals surface area contributed by atoms with Gasteiger partial charge in [0.15, 0.2) is 0 Å². The van der Waals surface area contributed by atoms with E-state index in [1.54, 1.807) is 13.0 Å². The second-order valence-corrected chi connectivity index (χ2v) is 8.95. The van der Waals surface area contributed by atoms with Crippen molar-refractivity contribution in [1.29, 1.82) is 0 Å². The molecule has 0 radical (unpaired) electrons. The second-order valence-electron chi connectivity index (χ2n) is 7.04. The Morgan fingerprint density at radius 2 is 1.75 bits per heavy atom. The largest absolute Gasteiger partial charge is 0.299 e. The van der Waals surface area contributed by atoms with Gasteiger partial charge in [0.25, 0.3) is 0 Å². The molecule has 2 heterocycles. The molecule has 0 amide bonds. The van der Waals surface area contributed by atoms with Crippen molar-refractivity contribution in [2.24, 2.45) is 0 Å². The molecule has 134 valence electrons. The molecular formula is C18H27FN2O2S. The summed E-state index contributed by atoms with van der Waals surface area (Å²) in [5.74, 6) is -0.646. The van der Waals surface area contributed by atoms with Crippen LogP contribution < -0.4 is 0 Å². The topological polar surface area (TPSA) is 40.6 Å². The molecule has 1 aromatic rings. The lowest BCUT2D eigenvalue weighted by Crippen LogP contribution is -2.50. The van der Waals surface area contributed by atoms with Gasteiger partial charge in [0.1, 0.15) is 10.7 Å². The lowest BCUT2D eigenvalue weighted by Gasteiger charge is -2.38. The summed E-state index contributed by atoms with van der Waals surface area (Å²) in [6.07, 6.45) is 6.78. The fourth-order valence-electron chi connectivity index (χ4n) is 3.85. The van der Waals surface area contributed by atoms with Crippen molar-refractivity contribution in [2.45, 2.75) is 56.4 Å². The SMILES string of the molecule is Cc1ccc(S(=O)(=O)N2CCCC(N3CCCCCC3)C2)c(F)c1. The van der Waals surface area contributed by atoms with Gasteiger partial charge < -0.3 is 0 Å². The molecule has 2 aliphatic rings. The number of hydrogen-bond acceptors (Lipinski definition) is 3. The van der Waals surface area contributed by atoms with Crippen LogP contribution in [-0.4, -0.2) is 49.8 Å². The molecule has 2 saturated heterocycles. The maximum atomic E-state index is 14.2. The van der Waals surface area contributed by atoms with E-state index in [1.165, 1.54) is 42.1 Å². The molecule has 0 aliphatic carbocycles. The Balaban J connectivity index is 1.77. The fraction of sp³-hybridized carbons (Fsp3) is 0.667. The average Bonchev–Trinajstić information content (AvgIpc) is 2.84. The van der Waals surface area contributed by atoms with Crippen molar-refractivity contribution in [2.75, 3.05) is 26.2 Å². The molecule has 0 spiro atoms. The van der Waals surface area contributed by atoms with Gasteiger partial charge in [0, 0.05) is 19.1 Å². The molecule has 4 nitrogen and oxygen atoms in total. The molecule has 6 heteroatoms. The first kappa shape index (κ1) is 17.8. The third-order valence-corrected chi connectivity index (χ3v) is 7.12. The lowest BCUT2D eigenvalue weighted by molar-refractivity contribution is 0.139. The number of likely N-dealkylation sites (tertiary alicyclic amines) is 1. The summed E-state index contributed by atoms with van der Waals surface area (Å²) in [7, 11) is -3.76. The van der Waals surface area contributed by atoms with Gasteiger partial charge in [-0.25, -0.2) is 12.8 Å². The quantitative estimate of drug-likeness (QED) is 0.837. The Kier molecular flexibility index (Phi) is 5.57. The first-order valence-corrected chi connectivity index (χ1v) is 10.4. The van der Waals surface area contributed by atoms with Crippen LogP contribution in [0.1, 0.15) is 44.1 Å². The van der Waals surface area contributed by atoms with E-state index in [4.69, 9.17) is 0 Å². The van der Waals surface area contributed by atoms with E-state index in [1.807, 2.05) is 0 Å². The summed E-state index contributed by atoms with van der Waals surface area (Å²) >= 11 is 0. The van der Waals surface area contributed by atoms with Gasteiger partial charge in [0.05, 0.1) is 0 Å². The predicted octanol–water partition coefficient (Wildman–Crippen LogP) is 3.16. The molecule has 3 rings (SSSR count). The van der Waals surface area contributed by atoms with Crippen molar-refractivity contribution in [3.05, 3.63) is 29.6 Å². The van der Waals surface area contributed by atoms with Gasteiger partial charge in [-0.3, -0.25) is 4.90 Å². The third kappa shape index (κ3) is 3.81. The monoisotopic (exact) mass is 354 g/mol. The van der Waals surface area contributed by atoms with Crippen LogP contribution in [0, 0.1) is 12.7 Å². The highest BCUT2D eigenvalue weighted by Gasteiger charge is 2.34. The number of rotatable bonds is 3. The zero-order valence-corrected chi connectivity index (χ0v) is 15.2. The zero-order valence-electron chi connectivity index (χ0n) is 14.4. The highest BCUT2D eigenvalue weighted by Crippen LogP contribution is 2.26. The molecule has 2 aliphatic heterocycles. The first-order chi connectivity index (χ1) is 11.5. The molecule has 2 fully saturated rings. The molecule has 0 aromatic heterocycles. The van der Waals surface area contributed by atoms with Crippen LogP contribution in [0.2, 0.25) is 0 Å². The van der Waals surface area contributed by atoms with Gasteiger partial charge in [0.2, 0.25) is 10.0 Å². The van der Waals surface area contributed by atoms with Crippen LogP contribution in [0.25, 0.3) is 0 Å². The molecule has 1 aromatic carbocycles. The summed E-state index contributed by atoms with van der Waals surface area (Å²) in [6.45, 7) is 4.83. The lowest BCUT2D eigenvalue weighted by atomic mass is 10.1. The Morgan fingerprint density at radius 1 is 1.04 bits per heavy atom. The summed E-state index contributed by atoms with van der Waals surface area (Å²) in [5.41, 5.74) is 0.729. The molecule has 1 unspecified atom stereocenters. The summed E-state index contributed by atoms with van der Waals surface area (Å²) in [6, 6.07) is 4.62. The number of sulfonamides is 1. The van der Waals surface area contributed by atoms with E-state index in [0.717, 1.165) is 31.5 Å². The van der Waals surface area contributed by atoms with Crippen molar-refractivity contribution < 1.29 is 12.8 Å². The van der Waals surface area contributed by atoms with E-state index >= 15 is 0 Å². The summed E-state index contributed by atoms with van der Waals surface area (Å²) in [5, 5.41) is 0. The molecule has 0 N–H and O–H groups in total. The number of hydrogen-bond donors (Lipinski definition) is 0. The standard InChI is InChI=1S/C18H27FN2O2S/c1-15-8-9-18(17(19)13-15)24(22,23)21-12-6-7-16(14-21)20-10-4-2-3-5-11-20/h8-9,13,16H,2-7,10-12,14H2,1H3. The van der Waals surface area contributed by atoms with E-state index in [-0.39, 0.29) is 10.9 Å². The third-order valence-electron chi connectivity index (χ3n) is 5.22. The maximum Gasteiger partial charge on any atom is 0.246 e. The number of benzene rings is 1. The van der Waals surface area contributed by atoms with E-state index < -0.39 is 15.8 Å². The molecule has 1 atom stereocenters. The fourth-order valence-corrected chi connectivity index (χ4v) is 5.41. The normalized spacial score (nSPS) is 24.7. The average molecular weight is 354 g/mol. The van der Waals surface area contributed by atoms with E-state index in [2.05, 4.69) is 4.90 Å². The van der Waals surface area contributed by atoms with Gasteiger partial charge in [-0.15, -0.1) is 0 Å². The van der Waals surface area contributed by atoms with Crippen molar-refractivity contribution in [3.8, 4) is 0 Å². The summed E-state index contributed by atoms with van der Waals surface area (Å²) < 4.78 is 41.4. The van der Waals surface area contributed by atoms with Crippen molar-refractivity contribution >= 4 is 10.0 Å². The second kappa shape index (κ2) is 7.50. The minimum atomic E-state index is -3.76. The van der Waals surface area contributed by atoms with Crippen molar-refractivity contribution in [1.82, 2.24) is 9.21 Å². The smallest absolute Gasteiger partial charge is 0.246 e. The Morgan fingerprint density at radius 3 is 2.42 bits per heavy atom. The Bertz CT molecular complexity index is 670. The first-order valence-electron chi connectivity index (χ1n) is 8.99. The van der Waals surface area contributed by atoms with Crippen LogP contribution in [0.4, 0.5) is 4.39 Å². The van der Waals surface area contributed by atoms with E-state index in [9.17, 15) is 12.8 Å². The summed E-state index contributed by atoms with van der Waals surface area (Å²) in [4.78, 5) is 2.25. The Labute approximate surface area is 144 Å². The number of aryl methyl sites for hydroxylation is 1. The molecule has 0 saturated carbocycles. The minimum Gasteiger partial charge on any atom is -0.299 e. The Hall–Kier alpha value is -0.980. The minimum absolute atomic E-state index is 0.190. The van der Waals surface area contributed by atoms with Gasteiger partial charge in [-0.1, -0.05) is 18.9 Å². The number of piperidine rings is 1. The van der Waals surface area contributed by atoms with Gasteiger partial charge in [-0.2, -0.15) is 4.31 Å². The van der Waals surface area contributed by atoms with Gasteiger partial charge >= 0.3 is 0 Å². The number of halogens is 1. The van der Waals surface area contributed by atoms with Crippen molar-refractivity contribution in [3.63, 3.8) is 0 Å². The molecular weight excluding hydrogens is 327 g/mol. The zero-order chi connectivity index (χ0) is 17.2. The van der Waals surface area contributed by atoms with Crippen LogP contribution >= 0.6 is 0 Å². The highest BCUT2D eigenvalue weighted by atomic mass is 32.2. The number of nitrogens with zero attached hydrogens (tertiary/aromatic N) is 2. The maximum absolute atomic E-state index is 14.2. The van der Waals surface area contributed by atoms with Crippen LogP contribution in [0.5, 0.6) is 0 Å². The molecule has 0 bridgehead atoms. The van der Waals surface area contributed by atoms with Crippen LogP contribution in [0.3, 0.4) is 0 Å². The highest BCUT2D eigenvalue weighted by molar-refractivity contribution is 7.89. The van der Waals surface area contributed by atoms with Gasteiger partial charge in [-0.05, 0) is 63.4 Å².